The number of carbonyl (C=O) groups is 1. The SMILES string of the molecule is CCOC(=O)[C@H](CC(C)C)NP(=O)(N[C@@H](CC(C)C)C(O)OCC)OC[C@H]1O[C@@H](n2cnc3c(N4CCOCC4)nc(N)nc32)C(C)(O)C1O. The number of nitrogen functional groups attached to an aromatic ring is 1. The van der Waals surface area contributed by atoms with Crippen molar-refractivity contribution in [2.24, 2.45) is 11.8 Å². The van der Waals surface area contributed by atoms with E-state index in [9.17, 15) is 24.7 Å². The fourth-order valence-corrected chi connectivity index (χ4v) is 7.99. The smallest absolute Gasteiger partial charge is 0.342 e. The van der Waals surface area contributed by atoms with Gasteiger partial charge in [-0.15, -0.1) is 0 Å². The summed E-state index contributed by atoms with van der Waals surface area (Å²) in [5.41, 5.74) is 4.90. The molecular weight excluding hydrogens is 675 g/mol. The Hall–Kier alpha value is -2.51. The quantitative estimate of drug-likeness (QED) is 0.0720. The molecule has 2 fully saturated rings. The van der Waals surface area contributed by atoms with Crippen molar-refractivity contribution in [3.05, 3.63) is 6.33 Å². The largest absolute Gasteiger partial charge is 0.465 e. The molecule has 284 valence electrons. The van der Waals surface area contributed by atoms with Gasteiger partial charge in [-0.3, -0.25) is 13.9 Å². The molecule has 8 atom stereocenters. The van der Waals surface area contributed by atoms with E-state index in [1.165, 1.54) is 17.8 Å². The van der Waals surface area contributed by atoms with E-state index in [4.69, 9.17) is 29.2 Å². The second-order valence-electron chi connectivity index (χ2n) is 13.6. The molecule has 2 aliphatic heterocycles. The van der Waals surface area contributed by atoms with Gasteiger partial charge in [0.2, 0.25) is 5.95 Å². The van der Waals surface area contributed by atoms with Gasteiger partial charge in [0.15, 0.2) is 29.5 Å². The van der Waals surface area contributed by atoms with Crippen LogP contribution >= 0.6 is 7.67 Å². The molecule has 0 amide bonds. The van der Waals surface area contributed by atoms with Gasteiger partial charge >= 0.3 is 13.6 Å². The van der Waals surface area contributed by atoms with Crippen LogP contribution in [0, 0.1) is 11.8 Å². The first-order valence-electron chi connectivity index (χ1n) is 17.2. The van der Waals surface area contributed by atoms with Crippen molar-refractivity contribution in [2.75, 3.05) is 56.8 Å². The highest BCUT2D eigenvalue weighted by atomic mass is 31.2. The number of hydrogen-bond acceptors (Lipinski definition) is 15. The molecule has 4 rings (SSSR count). The maximum atomic E-state index is 14.7. The minimum Gasteiger partial charge on any atom is -0.465 e. The number of nitrogens with two attached hydrogens (primary N) is 1. The van der Waals surface area contributed by atoms with Crippen LogP contribution in [0.4, 0.5) is 11.8 Å². The minimum atomic E-state index is -4.25. The monoisotopic (exact) mass is 730 g/mol. The molecule has 18 nitrogen and oxygen atoms in total. The van der Waals surface area contributed by atoms with Crippen LogP contribution < -0.4 is 20.8 Å². The van der Waals surface area contributed by atoms with Gasteiger partial charge in [-0.2, -0.15) is 9.97 Å². The van der Waals surface area contributed by atoms with Crippen molar-refractivity contribution in [3.8, 4) is 0 Å². The average Bonchev–Trinajstić information content (AvgIpc) is 3.56. The molecular formula is C31H55N8O10P. The number of aliphatic hydroxyl groups excluding tert-OH is 2. The van der Waals surface area contributed by atoms with Crippen molar-refractivity contribution in [2.45, 2.75) is 104 Å². The summed E-state index contributed by atoms with van der Waals surface area (Å²) in [4.78, 5) is 28.3. The number of aromatic nitrogens is 4. The van der Waals surface area contributed by atoms with E-state index in [1.54, 1.807) is 13.8 Å². The Balaban J connectivity index is 1.63. The van der Waals surface area contributed by atoms with Crippen LogP contribution in [-0.4, -0.2) is 123 Å². The van der Waals surface area contributed by atoms with Gasteiger partial charge in [0.05, 0.1) is 38.8 Å². The van der Waals surface area contributed by atoms with Crippen LogP contribution in [-0.2, 0) is 32.8 Å². The molecule has 0 spiro atoms. The Morgan fingerprint density at radius 2 is 1.82 bits per heavy atom. The topological polar surface area (TPSA) is 238 Å². The lowest BCUT2D eigenvalue weighted by molar-refractivity contribution is -0.145. The van der Waals surface area contributed by atoms with Gasteiger partial charge in [-0.25, -0.2) is 15.2 Å². The Kier molecular flexibility index (Phi) is 14.0. The summed E-state index contributed by atoms with van der Waals surface area (Å²) in [6, 6.07) is -1.91. The normalized spacial score (nSPS) is 26.0. The first kappa shape index (κ1) is 40.3. The molecule has 2 aliphatic rings. The zero-order valence-electron chi connectivity index (χ0n) is 30.0. The van der Waals surface area contributed by atoms with Gasteiger partial charge in [0.1, 0.15) is 23.9 Å². The third-order valence-corrected chi connectivity index (χ3v) is 10.3. The first-order valence-corrected chi connectivity index (χ1v) is 18.9. The highest BCUT2D eigenvalue weighted by molar-refractivity contribution is 7.54. The van der Waals surface area contributed by atoms with Crippen molar-refractivity contribution in [3.63, 3.8) is 0 Å². The fourth-order valence-electron chi connectivity index (χ4n) is 6.12. The van der Waals surface area contributed by atoms with E-state index in [2.05, 4.69) is 25.1 Å². The zero-order valence-corrected chi connectivity index (χ0v) is 30.9. The van der Waals surface area contributed by atoms with E-state index in [0.717, 1.165) is 0 Å². The number of imidazole rings is 1. The molecule has 2 aromatic heterocycles. The fraction of sp³-hybridized carbons (Fsp3) is 0.806. The first-order chi connectivity index (χ1) is 23.6. The summed E-state index contributed by atoms with van der Waals surface area (Å²) in [5.74, 6) is -0.0705. The van der Waals surface area contributed by atoms with E-state index in [0.29, 0.717) is 44.1 Å². The minimum absolute atomic E-state index is 0.00767. The second kappa shape index (κ2) is 17.3. The van der Waals surface area contributed by atoms with E-state index in [1.807, 2.05) is 32.6 Å². The van der Waals surface area contributed by atoms with Crippen LogP contribution in [0.5, 0.6) is 0 Å². The number of nitrogens with one attached hydrogen (secondary N) is 2. The summed E-state index contributed by atoms with van der Waals surface area (Å²) < 4.78 is 44.5. The Bertz CT molecular complexity index is 1460. The predicted molar refractivity (Wildman–Crippen MR) is 184 cm³/mol. The van der Waals surface area contributed by atoms with Crippen molar-refractivity contribution in [1.82, 2.24) is 29.7 Å². The number of ether oxygens (including phenoxy) is 4. The van der Waals surface area contributed by atoms with Crippen molar-refractivity contribution in [1.29, 1.82) is 0 Å². The van der Waals surface area contributed by atoms with Crippen LogP contribution in [0.3, 0.4) is 0 Å². The van der Waals surface area contributed by atoms with Crippen molar-refractivity contribution < 1.29 is 48.2 Å². The van der Waals surface area contributed by atoms with Gasteiger partial charge < -0.3 is 49.4 Å². The molecule has 50 heavy (non-hydrogen) atoms. The number of rotatable bonds is 18. The van der Waals surface area contributed by atoms with Crippen LogP contribution in [0.1, 0.15) is 67.5 Å². The highest BCUT2D eigenvalue weighted by Gasteiger charge is 2.54. The molecule has 19 heteroatoms. The molecule has 4 heterocycles. The third-order valence-electron chi connectivity index (χ3n) is 8.51. The molecule has 0 aromatic carbocycles. The zero-order chi connectivity index (χ0) is 36.8. The summed E-state index contributed by atoms with van der Waals surface area (Å²) >= 11 is 0. The number of nitrogens with zero attached hydrogens (tertiary/aromatic N) is 5. The number of carbonyl (C=O) groups excluding carboxylic acids is 1. The molecule has 4 unspecified atom stereocenters. The lowest BCUT2D eigenvalue weighted by Gasteiger charge is -2.32. The maximum Gasteiger partial charge on any atom is 0.342 e. The Morgan fingerprint density at radius 1 is 1.14 bits per heavy atom. The highest BCUT2D eigenvalue weighted by Crippen LogP contribution is 2.45. The standard InChI is InChI=1S/C31H55N8O10P/c1-8-46-27(41)20(14-18(3)4)36-50(44,37-21(15-19(5)6)28(42)47-9-2)48-16-22-24(40)31(7,43)29(49-22)39-17-33-23-25(34-30(32)35-26(23)39)38-10-12-45-13-11-38/h17-22,24,27,29,40-41,43H,8-16H2,1-7H3,(H2,32,34,35)(H2,36,37,44)/t20-,21-,22+,24?,27?,29+,31?,50?/m0/s1. The summed E-state index contributed by atoms with van der Waals surface area (Å²) in [6.07, 6.45) is -3.28. The Labute approximate surface area is 292 Å². The molecule has 0 aliphatic carbocycles. The lowest BCUT2D eigenvalue weighted by atomic mass is 9.96. The predicted octanol–water partition coefficient (Wildman–Crippen LogP) is 1.31. The third kappa shape index (κ3) is 9.67. The Morgan fingerprint density at radius 3 is 2.44 bits per heavy atom. The number of hydrogen-bond donors (Lipinski definition) is 6. The van der Waals surface area contributed by atoms with E-state index < -0.39 is 62.7 Å². The second-order valence-corrected chi connectivity index (χ2v) is 15.5. The molecule has 2 saturated heterocycles. The number of fused-ring (bicyclic) bond motifs is 1. The van der Waals surface area contributed by atoms with Gasteiger partial charge in [-0.05, 0) is 45.4 Å². The van der Waals surface area contributed by atoms with Gasteiger partial charge in [-0.1, -0.05) is 27.7 Å². The molecule has 7 N–H and O–H groups in total. The molecule has 0 bridgehead atoms. The van der Waals surface area contributed by atoms with Crippen LogP contribution in [0.2, 0.25) is 0 Å². The molecule has 0 saturated carbocycles. The summed E-state index contributed by atoms with van der Waals surface area (Å²) in [6.45, 7) is 14.4. The summed E-state index contributed by atoms with van der Waals surface area (Å²) in [7, 11) is -4.25. The van der Waals surface area contributed by atoms with Gasteiger partial charge in [0, 0.05) is 19.7 Å². The van der Waals surface area contributed by atoms with E-state index in [-0.39, 0.29) is 43.1 Å². The number of anilines is 2. The summed E-state index contributed by atoms with van der Waals surface area (Å²) in [5, 5.41) is 39.5. The number of esters is 1. The lowest BCUT2D eigenvalue weighted by Crippen LogP contribution is -2.48. The molecule has 0 radical (unpaired) electrons. The van der Waals surface area contributed by atoms with Crippen LogP contribution in [0.15, 0.2) is 6.33 Å². The van der Waals surface area contributed by atoms with E-state index >= 15 is 0 Å². The van der Waals surface area contributed by atoms with Crippen molar-refractivity contribution >= 4 is 36.6 Å². The molecule has 2 aromatic rings. The number of aliphatic hydroxyl groups is 3. The van der Waals surface area contributed by atoms with Crippen LogP contribution in [0.25, 0.3) is 11.2 Å². The maximum absolute atomic E-state index is 14.7. The number of morpholine rings is 1. The average molecular weight is 731 g/mol. The van der Waals surface area contributed by atoms with Gasteiger partial charge in [0.25, 0.3) is 0 Å².